The van der Waals surface area contributed by atoms with Crippen molar-refractivity contribution in [1.29, 1.82) is 0 Å². The summed E-state index contributed by atoms with van der Waals surface area (Å²) in [4.78, 5) is 33.4. The van der Waals surface area contributed by atoms with Crippen LogP contribution in [0.1, 0.15) is 24.9 Å². The zero-order valence-corrected chi connectivity index (χ0v) is 18.6. The number of urea groups is 1. The third-order valence-electron chi connectivity index (χ3n) is 4.57. The molecule has 8 nitrogen and oxygen atoms in total. The van der Waals surface area contributed by atoms with E-state index in [2.05, 4.69) is 32.5 Å². The summed E-state index contributed by atoms with van der Waals surface area (Å²) in [5.41, 5.74) is 6.07. The number of benzene rings is 2. The van der Waals surface area contributed by atoms with E-state index in [0.717, 1.165) is 34.5 Å². The van der Waals surface area contributed by atoms with Gasteiger partial charge in [0, 0.05) is 11.1 Å². The molecule has 4 aromatic rings. The van der Waals surface area contributed by atoms with Crippen LogP contribution < -0.4 is 10.6 Å². The van der Waals surface area contributed by atoms with Crippen molar-refractivity contribution in [2.45, 2.75) is 25.6 Å². The fourth-order valence-corrected chi connectivity index (χ4v) is 3.51. The standard InChI is InChI=1S/C20H19N5OS.C2HF3O2/c1-2-15(13-6-4-3-5-7-13)25-20(26)22-14-8-9-16-17(10-14)24-19(23-16)18-11-27-12-21-18;3-2(4,5)1(6)7/h3-12,15H,2H2,1H3,(H,23,24)(H2,22,25,26);(H,6,7)/t15-;/m0./s1. The van der Waals surface area contributed by atoms with Crippen molar-refractivity contribution in [1.82, 2.24) is 20.3 Å². The summed E-state index contributed by atoms with van der Waals surface area (Å²) in [5, 5.41) is 15.0. The largest absolute Gasteiger partial charge is 0.490 e. The van der Waals surface area contributed by atoms with Crippen LogP contribution in [0.25, 0.3) is 22.6 Å². The Morgan fingerprint density at radius 2 is 1.88 bits per heavy atom. The summed E-state index contributed by atoms with van der Waals surface area (Å²) in [6, 6.07) is 15.3. The number of thiazole rings is 1. The maximum Gasteiger partial charge on any atom is 0.490 e. The molecule has 2 aromatic carbocycles. The Morgan fingerprint density at radius 1 is 1.18 bits per heavy atom. The van der Waals surface area contributed by atoms with Gasteiger partial charge in [-0.05, 0) is 30.2 Å². The normalized spacial score (nSPS) is 11.9. The molecule has 4 N–H and O–H groups in total. The monoisotopic (exact) mass is 491 g/mol. The van der Waals surface area contributed by atoms with Crippen molar-refractivity contribution in [3.05, 3.63) is 65.0 Å². The summed E-state index contributed by atoms with van der Waals surface area (Å²) in [6.07, 6.45) is -4.27. The number of imidazole rings is 1. The number of aromatic amines is 1. The fourth-order valence-electron chi connectivity index (χ4n) is 2.97. The highest BCUT2D eigenvalue weighted by Crippen LogP contribution is 2.23. The lowest BCUT2D eigenvalue weighted by Gasteiger charge is -2.18. The highest BCUT2D eigenvalue weighted by molar-refractivity contribution is 7.07. The van der Waals surface area contributed by atoms with Crippen molar-refractivity contribution in [3.8, 4) is 11.5 Å². The number of rotatable bonds is 5. The van der Waals surface area contributed by atoms with E-state index in [1.165, 1.54) is 11.3 Å². The number of carboxylic acids is 1. The van der Waals surface area contributed by atoms with Crippen LogP contribution in [0, 0.1) is 0 Å². The highest BCUT2D eigenvalue weighted by Gasteiger charge is 2.38. The molecule has 0 radical (unpaired) electrons. The number of hydrogen-bond donors (Lipinski definition) is 4. The lowest BCUT2D eigenvalue weighted by molar-refractivity contribution is -0.192. The molecule has 2 amide bonds. The minimum Gasteiger partial charge on any atom is -0.475 e. The van der Waals surface area contributed by atoms with Gasteiger partial charge < -0.3 is 20.7 Å². The Morgan fingerprint density at radius 3 is 2.47 bits per heavy atom. The van der Waals surface area contributed by atoms with E-state index in [-0.39, 0.29) is 12.1 Å². The van der Waals surface area contributed by atoms with Crippen LogP contribution in [0.4, 0.5) is 23.7 Å². The van der Waals surface area contributed by atoms with Gasteiger partial charge in [0.25, 0.3) is 0 Å². The summed E-state index contributed by atoms with van der Waals surface area (Å²) < 4.78 is 31.7. The third-order valence-corrected chi connectivity index (χ3v) is 5.16. The molecule has 4 rings (SSSR count). The number of nitrogens with one attached hydrogen (secondary N) is 3. The van der Waals surface area contributed by atoms with Crippen molar-refractivity contribution in [3.63, 3.8) is 0 Å². The molecular weight excluding hydrogens is 471 g/mol. The van der Waals surface area contributed by atoms with Crippen LogP contribution in [-0.4, -0.2) is 38.2 Å². The molecule has 0 aliphatic rings. The van der Waals surface area contributed by atoms with Crippen LogP contribution >= 0.6 is 11.3 Å². The minimum atomic E-state index is -5.08. The highest BCUT2D eigenvalue weighted by atomic mass is 32.1. The molecule has 0 aliphatic carbocycles. The number of H-pyrrole nitrogens is 1. The number of fused-ring (bicyclic) bond motifs is 1. The Labute approximate surface area is 195 Å². The van der Waals surface area contributed by atoms with E-state index in [1.807, 2.05) is 53.9 Å². The number of amides is 2. The van der Waals surface area contributed by atoms with E-state index in [9.17, 15) is 18.0 Å². The van der Waals surface area contributed by atoms with Crippen LogP contribution in [-0.2, 0) is 4.79 Å². The number of anilines is 1. The molecule has 0 aliphatic heterocycles. The summed E-state index contributed by atoms with van der Waals surface area (Å²) >= 11 is 1.53. The number of carbonyl (C=O) groups excluding carboxylic acids is 1. The fraction of sp³-hybridized carbons (Fsp3) is 0.182. The number of alkyl halides is 3. The molecule has 0 bridgehead atoms. The molecule has 0 saturated carbocycles. The summed E-state index contributed by atoms with van der Waals surface area (Å²) in [6.45, 7) is 2.05. The van der Waals surface area contributed by atoms with E-state index in [0.29, 0.717) is 5.69 Å². The van der Waals surface area contributed by atoms with E-state index >= 15 is 0 Å². The molecule has 0 unspecified atom stereocenters. The smallest absolute Gasteiger partial charge is 0.475 e. The first kappa shape index (κ1) is 24.7. The molecule has 1 atom stereocenters. The Balaban J connectivity index is 0.000000406. The molecule has 178 valence electrons. The molecule has 2 aromatic heterocycles. The number of carboxylic acid groups (broad SMARTS) is 1. The maximum absolute atomic E-state index is 12.4. The topological polar surface area (TPSA) is 120 Å². The Bertz CT molecular complexity index is 1240. The second kappa shape index (κ2) is 10.8. The number of aliphatic carboxylic acids is 1. The lowest BCUT2D eigenvalue weighted by Crippen LogP contribution is -2.32. The van der Waals surface area contributed by atoms with Crippen molar-refractivity contribution in [2.75, 3.05) is 5.32 Å². The zero-order valence-electron chi connectivity index (χ0n) is 17.8. The maximum atomic E-state index is 12.4. The second-order valence-corrected chi connectivity index (χ2v) is 7.68. The van der Waals surface area contributed by atoms with Gasteiger partial charge in [-0.15, -0.1) is 11.3 Å². The van der Waals surface area contributed by atoms with Gasteiger partial charge in [0.1, 0.15) is 5.69 Å². The Hall–Kier alpha value is -3.93. The van der Waals surface area contributed by atoms with Crippen LogP contribution in [0.5, 0.6) is 0 Å². The van der Waals surface area contributed by atoms with Gasteiger partial charge in [-0.3, -0.25) is 0 Å². The van der Waals surface area contributed by atoms with Crippen molar-refractivity contribution < 1.29 is 27.9 Å². The molecule has 0 saturated heterocycles. The average Bonchev–Trinajstić information content (AvgIpc) is 3.47. The van der Waals surface area contributed by atoms with Crippen molar-refractivity contribution >= 4 is 40.1 Å². The predicted octanol–water partition coefficient (Wildman–Crippen LogP) is 5.59. The third kappa shape index (κ3) is 6.54. The number of aromatic nitrogens is 3. The quantitative estimate of drug-likeness (QED) is 0.290. The van der Waals surface area contributed by atoms with E-state index in [4.69, 9.17) is 9.90 Å². The molecule has 12 heteroatoms. The first-order chi connectivity index (χ1) is 16.2. The Kier molecular flexibility index (Phi) is 7.84. The van der Waals surface area contributed by atoms with Gasteiger partial charge >= 0.3 is 18.2 Å². The SMILES string of the molecule is CC[C@H](NC(=O)Nc1ccc2nc(-c3cscn3)[nH]c2c1)c1ccccc1.O=C(O)C(F)(F)F. The molecule has 34 heavy (non-hydrogen) atoms. The van der Waals surface area contributed by atoms with Crippen molar-refractivity contribution in [2.24, 2.45) is 0 Å². The number of hydrogen-bond acceptors (Lipinski definition) is 5. The van der Waals surface area contributed by atoms with Crippen LogP contribution in [0.3, 0.4) is 0 Å². The van der Waals surface area contributed by atoms with Gasteiger partial charge in [0.15, 0.2) is 5.82 Å². The van der Waals surface area contributed by atoms with Gasteiger partial charge in [0.05, 0.1) is 22.6 Å². The first-order valence-corrected chi connectivity index (χ1v) is 10.9. The van der Waals surface area contributed by atoms with Crippen LogP contribution in [0.15, 0.2) is 59.4 Å². The number of halogens is 3. The number of carbonyl (C=O) groups is 2. The van der Waals surface area contributed by atoms with Gasteiger partial charge in [0.2, 0.25) is 0 Å². The predicted molar refractivity (Wildman–Crippen MR) is 123 cm³/mol. The van der Waals surface area contributed by atoms with E-state index < -0.39 is 12.1 Å². The molecular formula is C22H20F3N5O3S. The van der Waals surface area contributed by atoms with Crippen LogP contribution in [0.2, 0.25) is 0 Å². The summed E-state index contributed by atoms with van der Waals surface area (Å²) in [7, 11) is 0. The lowest BCUT2D eigenvalue weighted by atomic mass is 10.1. The summed E-state index contributed by atoms with van der Waals surface area (Å²) in [5.74, 6) is -2.03. The van der Waals surface area contributed by atoms with E-state index in [1.54, 1.807) is 5.51 Å². The van der Waals surface area contributed by atoms with Gasteiger partial charge in [-0.25, -0.2) is 19.6 Å². The molecule has 0 spiro atoms. The van der Waals surface area contributed by atoms with Gasteiger partial charge in [-0.1, -0.05) is 37.3 Å². The average molecular weight is 491 g/mol. The molecule has 2 heterocycles. The zero-order chi connectivity index (χ0) is 24.7. The minimum absolute atomic E-state index is 0.0293. The number of nitrogens with zero attached hydrogens (tertiary/aromatic N) is 2. The molecule has 0 fully saturated rings. The van der Waals surface area contributed by atoms with Gasteiger partial charge in [-0.2, -0.15) is 13.2 Å². The first-order valence-electron chi connectivity index (χ1n) is 9.98. The second-order valence-electron chi connectivity index (χ2n) is 6.96.